The zero-order valence-corrected chi connectivity index (χ0v) is 10.5. The second kappa shape index (κ2) is 5.32. The second-order valence-corrected chi connectivity index (χ2v) is 4.64. The van der Waals surface area contributed by atoms with E-state index in [-0.39, 0.29) is 11.9 Å². The summed E-state index contributed by atoms with van der Waals surface area (Å²) in [5.41, 5.74) is 2.20. The molecule has 1 saturated heterocycles. The maximum atomic E-state index is 12.0. The standard InChI is InChI=1S/C14H19NO2/c1-10-4-3-5-13(11(10)2)17-14(16)12-6-8-15-9-7-12/h3-5,12,15H,6-9H2,1-2H3. The third-order valence-electron chi connectivity index (χ3n) is 3.44. The summed E-state index contributed by atoms with van der Waals surface area (Å²) >= 11 is 0. The minimum atomic E-state index is -0.0831. The van der Waals surface area contributed by atoms with Crippen molar-refractivity contribution in [1.29, 1.82) is 0 Å². The van der Waals surface area contributed by atoms with E-state index >= 15 is 0 Å². The number of carbonyl (C=O) groups is 1. The fraction of sp³-hybridized carbons (Fsp3) is 0.500. The molecule has 0 aromatic heterocycles. The number of piperidine rings is 1. The molecule has 1 fully saturated rings. The zero-order chi connectivity index (χ0) is 12.3. The molecule has 0 spiro atoms. The molecule has 3 nitrogen and oxygen atoms in total. The quantitative estimate of drug-likeness (QED) is 0.628. The Morgan fingerprint density at radius 1 is 1.29 bits per heavy atom. The topological polar surface area (TPSA) is 38.3 Å². The molecular formula is C14H19NO2. The number of benzene rings is 1. The molecule has 17 heavy (non-hydrogen) atoms. The first-order valence-electron chi connectivity index (χ1n) is 6.17. The van der Waals surface area contributed by atoms with E-state index < -0.39 is 0 Å². The van der Waals surface area contributed by atoms with Crippen LogP contribution in [0.3, 0.4) is 0 Å². The van der Waals surface area contributed by atoms with Gasteiger partial charge in [-0.05, 0) is 57.0 Å². The summed E-state index contributed by atoms with van der Waals surface area (Å²) in [5.74, 6) is 0.671. The maximum absolute atomic E-state index is 12.0. The molecule has 3 heteroatoms. The zero-order valence-electron chi connectivity index (χ0n) is 10.5. The highest BCUT2D eigenvalue weighted by Crippen LogP contribution is 2.23. The molecule has 0 unspecified atom stereocenters. The van der Waals surface area contributed by atoms with Crippen molar-refractivity contribution in [3.63, 3.8) is 0 Å². The van der Waals surface area contributed by atoms with Gasteiger partial charge in [-0.15, -0.1) is 0 Å². The van der Waals surface area contributed by atoms with Crippen LogP contribution in [0.1, 0.15) is 24.0 Å². The number of hydrogen-bond acceptors (Lipinski definition) is 3. The van der Waals surface area contributed by atoms with Crippen LogP contribution in [-0.2, 0) is 4.79 Å². The van der Waals surface area contributed by atoms with Gasteiger partial charge in [0.2, 0.25) is 0 Å². The molecule has 92 valence electrons. The minimum absolute atomic E-state index is 0.0520. The van der Waals surface area contributed by atoms with Crippen LogP contribution in [0.4, 0.5) is 0 Å². The van der Waals surface area contributed by atoms with Crippen LogP contribution in [0, 0.1) is 19.8 Å². The summed E-state index contributed by atoms with van der Waals surface area (Å²) in [5, 5.41) is 3.25. The molecule has 2 rings (SSSR count). The number of carbonyl (C=O) groups excluding carboxylic acids is 1. The summed E-state index contributed by atoms with van der Waals surface area (Å²) < 4.78 is 5.50. The molecule has 1 aromatic rings. The Labute approximate surface area is 102 Å². The lowest BCUT2D eigenvalue weighted by molar-refractivity contribution is -0.139. The number of aryl methyl sites for hydroxylation is 1. The Kier molecular flexibility index (Phi) is 3.79. The SMILES string of the molecule is Cc1cccc(OC(=O)C2CCNCC2)c1C. The van der Waals surface area contributed by atoms with E-state index in [2.05, 4.69) is 5.32 Å². The first-order chi connectivity index (χ1) is 8.18. The van der Waals surface area contributed by atoms with Crippen LogP contribution in [0.5, 0.6) is 5.75 Å². The molecule has 1 N–H and O–H groups in total. The summed E-state index contributed by atoms with van der Waals surface area (Å²) in [6.07, 6.45) is 1.76. The Balaban J connectivity index is 2.04. The molecule has 0 saturated carbocycles. The van der Waals surface area contributed by atoms with Gasteiger partial charge in [-0.3, -0.25) is 4.79 Å². The van der Waals surface area contributed by atoms with Gasteiger partial charge >= 0.3 is 5.97 Å². The summed E-state index contributed by atoms with van der Waals surface area (Å²) in [7, 11) is 0. The lowest BCUT2D eigenvalue weighted by Crippen LogP contribution is -2.33. The van der Waals surface area contributed by atoms with Crippen molar-refractivity contribution in [3.8, 4) is 5.75 Å². The van der Waals surface area contributed by atoms with Gasteiger partial charge in [0, 0.05) is 0 Å². The van der Waals surface area contributed by atoms with Crippen molar-refractivity contribution in [2.45, 2.75) is 26.7 Å². The molecule has 1 aliphatic rings. The monoisotopic (exact) mass is 233 g/mol. The van der Waals surface area contributed by atoms with E-state index in [4.69, 9.17) is 4.74 Å². The lowest BCUT2D eigenvalue weighted by atomic mass is 9.98. The van der Waals surface area contributed by atoms with E-state index in [0.717, 1.165) is 37.1 Å². The smallest absolute Gasteiger partial charge is 0.314 e. The third-order valence-corrected chi connectivity index (χ3v) is 3.44. The normalized spacial score (nSPS) is 16.8. The second-order valence-electron chi connectivity index (χ2n) is 4.64. The van der Waals surface area contributed by atoms with Gasteiger partial charge in [-0.25, -0.2) is 0 Å². The molecule has 0 amide bonds. The number of ether oxygens (including phenoxy) is 1. The number of hydrogen-bond donors (Lipinski definition) is 1. The first kappa shape index (κ1) is 12.1. The first-order valence-corrected chi connectivity index (χ1v) is 6.17. The molecule has 0 bridgehead atoms. The predicted molar refractivity (Wildman–Crippen MR) is 67.1 cm³/mol. The average Bonchev–Trinajstić information content (AvgIpc) is 2.36. The van der Waals surface area contributed by atoms with E-state index in [1.165, 1.54) is 0 Å². The predicted octanol–water partition coefficient (Wildman–Crippen LogP) is 2.21. The summed E-state index contributed by atoms with van der Waals surface area (Å²) in [6.45, 7) is 5.83. The maximum Gasteiger partial charge on any atom is 0.314 e. The molecule has 1 aromatic carbocycles. The lowest BCUT2D eigenvalue weighted by Gasteiger charge is -2.21. The van der Waals surface area contributed by atoms with E-state index in [0.29, 0.717) is 5.75 Å². The van der Waals surface area contributed by atoms with Crippen LogP contribution in [0.2, 0.25) is 0 Å². The van der Waals surface area contributed by atoms with E-state index in [1.807, 2.05) is 32.0 Å². The number of esters is 1. The fourth-order valence-corrected chi connectivity index (χ4v) is 2.08. The molecule has 1 heterocycles. The van der Waals surface area contributed by atoms with Gasteiger partial charge in [0.1, 0.15) is 5.75 Å². The van der Waals surface area contributed by atoms with Crippen LogP contribution in [0.25, 0.3) is 0 Å². The van der Waals surface area contributed by atoms with Crippen molar-refractivity contribution in [3.05, 3.63) is 29.3 Å². The van der Waals surface area contributed by atoms with Crippen molar-refractivity contribution in [1.82, 2.24) is 5.32 Å². The molecule has 0 radical (unpaired) electrons. The van der Waals surface area contributed by atoms with Gasteiger partial charge in [0.25, 0.3) is 0 Å². The van der Waals surface area contributed by atoms with Crippen molar-refractivity contribution < 1.29 is 9.53 Å². The highest BCUT2D eigenvalue weighted by Gasteiger charge is 2.23. The Hall–Kier alpha value is -1.35. The Morgan fingerprint density at radius 2 is 2.00 bits per heavy atom. The molecule has 0 atom stereocenters. The van der Waals surface area contributed by atoms with Gasteiger partial charge in [-0.1, -0.05) is 12.1 Å². The van der Waals surface area contributed by atoms with Gasteiger partial charge in [-0.2, -0.15) is 0 Å². The van der Waals surface area contributed by atoms with E-state index in [9.17, 15) is 4.79 Å². The molecular weight excluding hydrogens is 214 g/mol. The summed E-state index contributed by atoms with van der Waals surface area (Å²) in [6, 6.07) is 5.81. The largest absolute Gasteiger partial charge is 0.426 e. The third kappa shape index (κ3) is 2.86. The molecule has 1 aliphatic heterocycles. The van der Waals surface area contributed by atoms with Crippen molar-refractivity contribution in [2.24, 2.45) is 5.92 Å². The summed E-state index contributed by atoms with van der Waals surface area (Å²) in [4.78, 5) is 12.0. The average molecular weight is 233 g/mol. The van der Waals surface area contributed by atoms with Crippen molar-refractivity contribution >= 4 is 5.97 Å². The van der Waals surface area contributed by atoms with Gasteiger partial charge < -0.3 is 10.1 Å². The van der Waals surface area contributed by atoms with Crippen LogP contribution < -0.4 is 10.1 Å². The fourth-order valence-electron chi connectivity index (χ4n) is 2.08. The van der Waals surface area contributed by atoms with Crippen LogP contribution in [0.15, 0.2) is 18.2 Å². The Morgan fingerprint density at radius 3 is 2.71 bits per heavy atom. The van der Waals surface area contributed by atoms with Gasteiger partial charge in [0.15, 0.2) is 0 Å². The number of nitrogens with one attached hydrogen (secondary N) is 1. The highest BCUT2D eigenvalue weighted by molar-refractivity contribution is 5.75. The van der Waals surface area contributed by atoms with Crippen LogP contribution >= 0.6 is 0 Å². The van der Waals surface area contributed by atoms with E-state index in [1.54, 1.807) is 0 Å². The minimum Gasteiger partial charge on any atom is -0.426 e. The van der Waals surface area contributed by atoms with Gasteiger partial charge in [0.05, 0.1) is 5.92 Å². The van der Waals surface area contributed by atoms with Crippen LogP contribution in [-0.4, -0.2) is 19.1 Å². The van der Waals surface area contributed by atoms with Crippen molar-refractivity contribution in [2.75, 3.05) is 13.1 Å². The Bertz CT molecular complexity index is 409. The number of rotatable bonds is 2. The molecule has 0 aliphatic carbocycles. The highest BCUT2D eigenvalue weighted by atomic mass is 16.5.